The van der Waals surface area contributed by atoms with Gasteiger partial charge in [0.05, 0.1) is 11.5 Å². The lowest BCUT2D eigenvalue weighted by molar-refractivity contribution is -0.157. The van der Waals surface area contributed by atoms with Crippen LogP contribution in [0, 0.1) is 5.41 Å². The number of aliphatic carboxylic acids is 1. The number of hydrogen-bond acceptors (Lipinski definition) is 4. The van der Waals surface area contributed by atoms with Crippen LogP contribution < -0.4 is 14.8 Å². The number of benzene rings is 1. The Kier molecular flexibility index (Phi) is 4.64. The summed E-state index contributed by atoms with van der Waals surface area (Å²) in [6.45, 7) is 3.04. The van der Waals surface area contributed by atoms with Gasteiger partial charge in [-0.1, -0.05) is 19.4 Å². The third-order valence-electron chi connectivity index (χ3n) is 4.98. The maximum Gasteiger partial charge on any atom is 0.310 e. The molecule has 1 amide bonds. The molecule has 24 heavy (non-hydrogen) atoms. The summed E-state index contributed by atoms with van der Waals surface area (Å²) in [5.74, 6) is 0.327. The van der Waals surface area contributed by atoms with Gasteiger partial charge in [-0.25, -0.2) is 0 Å². The number of carbonyl (C=O) groups is 2. The number of nitrogens with one attached hydrogen (secondary N) is 1. The van der Waals surface area contributed by atoms with Crippen molar-refractivity contribution in [3.05, 3.63) is 23.8 Å². The molecule has 0 bridgehead atoms. The zero-order valence-electron chi connectivity index (χ0n) is 13.8. The zero-order valence-corrected chi connectivity index (χ0v) is 13.8. The lowest BCUT2D eigenvalue weighted by atomic mass is 9.66. The molecule has 6 nitrogen and oxygen atoms in total. The minimum atomic E-state index is -0.866. The quantitative estimate of drug-likeness (QED) is 0.836. The predicted molar refractivity (Wildman–Crippen MR) is 87.1 cm³/mol. The van der Waals surface area contributed by atoms with E-state index >= 15 is 0 Å². The Balaban J connectivity index is 1.68. The van der Waals surface area contributed by atoms with E-state index in [2.05, 4.69) is 5.32 Å². The van der Waals surface area contributed by atoms with Gasteiger partial charge in [0.1, 0.15) is 13.2 Å². The Morgan fingerprint density at radius 1 is 1.25 bits per heavy atom. The fourth-order valence-corrected chi connectivity index (χ4v) is 3.32. The van der Waals surface area contributed by atoms with Crippen molar-refractivity contribution in [1.82, 2.24) is 5.32 Å². The van der Waals surface area contributed by atoms with Crippen LogP contribution in [0.4, 0.5) is 0 Å². The molecule has 0 radical (unpaired) electrons. The summed E-state index contributed by atoms with van der Waals surface area (Å²) in [5.41, 5.74) is 0.0721. The molecule has 1 aromatic rings. The molecule has 1 unspecified atom stereocenters. The van der Waals surface area contributed by atoms with Crippen LogP contribution >= 0.6 is 0 Å². The predicted octanol–water partition coefficient (Wildman–Crippen LogP) is 2.67. The second kappa shape index (κ2) is 6.71. The number of amides is 1. The highest BCUT2D eigenvalue weighted by Crippen LogP contribution is 2.44. The molecule has 1 aliphatic carbocycles. The SMILES string of the molecule is CCC(NC(=O)CC1(C(=O)O)CCC1)c1ccc2c(c1)OCCO2. The Labute approximate surface area is 141 Å². The monoisotopic (exact) mass is 333 g/mol. The summed E-state index contributed by atoms with van der Waals surface area (Å²) in [5, 5.41) is 12.3. The summed E-state index contributed by atoms with van der Waals surface area (Å²) in [6, 6.07) is 5.49. The molecule has 2 aliphatic rings. The summed E-state index contributed by atoms with van der Waals surface area (Å²) in [7, 11) is 0. The molecule has 0 aromatic heterocycles. The number of rotatable bonds is 6. The molecule has 1 fully saturated rings. The van der Waals surface area contributed by atoms with E-state index in [1.807, 2.05) is 25.1 Å². The standard InChI is InChI=1S/C18H23NO5/c1-2-13(12-4-5-14-15(10-12)24-9-8-23-14)19-16(20)11-18(17(21)22)6-3-7-18/h4-5,10,13H,2-3,6-9,11H2,1H3,(H,19,20)(H,21,22). The van der Waals surface area contributed by atoms with Crippen LogP contribution in [0.1, 0.15) is 50.6 Å². The number of carboxylic acid groups (broad SMARTS) is 1. The maximum absolute atomic E-state index is 12.4. The van der Waals surface area contributed by atoms with Crippen molar-refractivity contribution in [2.45, 2.75) is 45.1 Å². The van der Waals surface area contributed by atoms with E-state index in [0.717, 1.165) is 12.0 Å². The van der Waals surface area contributed by atoms with Crippen LogP contribution in [0.2, 0.25) is 0 Å². The molecule has 1 aromatic carbocycles. The first kappa shape index (κ1) is 16.6. The lowest BCUT2D eigenvalue weighted by Gasteiger charge is -2.37. The molecule has 2 N–H and O–H groups in total. The zero-order chi connectivity index (χ0) is 17.2. The van der Waals surface area contributed by atoms with Gasteiger partial charge in [0, 0.05) is 6.42 Å². The Morgan fingerprint density at radius 2 is 1.96 bits per heavy atom. The van der Waals surface area contributed by atoms with Crippen molar-refractivity contribution in [3.8, 4) is 11.5 Å². The van der Waals surface area contributed by atoms with Crippen LogP contribution in [0.5, 0.6) is 11.5 Å². The van der Waals surface area contributed by atoms with Crippen LogP contribution in [0.15, 0.2) is 18.2 Å². The second-order valence-electron chi connectivity index (χ2n) is 6.55. The van der Waals surface area contributed by atoms with E-state index in [1.165, 1.54) is 0 Å². The molecule has 3 rings (SSSR count). The highest BCUT2D eigenvalue weighted by atomic mass is 16.6. The van der Waals surface area contributed by atoms with E-state index in [9.17, 15) is 14.7 Å². The average molecular weight is 333 g/mol. The van der Waals surface area contributed by atoms with Crippen LogP contribution in [-0.4, -0.2) is 30.2 Å². The molecule has 6 heteroatoms. The number of carboxylic acids is 1. The molecule has 130 valence electrons. The maximum atomic E-state index is 12.4. The van der Waals surface area contributed by atoms with E-state index in [0.29, 0.717) is 44.0 Å². The van der Waals surface area contributed by atoms with Gasteiger partial charge in [-0.2, -0.15) is 0 Å². The fourth-order valence-electron chi connectivity index (χ4n) is 3.32. The van der Waals surface area contributed by atoms with Gasteiger partial charge in [0.2, 0.25) is 5.91 Å². The van der Waals surface area contributed by atoms with Crippen LogP contribution in [0.3, 0.4) is 0 Å². The topological polar surface area (TPSA) is 84.9 Å². The summed E-state index contributed by atoms with van der Waals surface area (Å²) in [6.07, 6.45) is 2.79. The Morgan fingerprint density at radius 3 is 2.54 bits per heavy atom. The minimum Gasteiger partial charge on any atom is -0.486 e. The molecule has 0 spiro atoms. The van der Waals surface area contributed by atoms with Crippen LogP contribution in [-0.2, 0) is 9.59 Å². The second-order valence-corrected chi connectivity index (χ2v) is 6.55. The molecular formula is C18H23NO5. The van der Waals surface area contributed by atoms with Crippen molar-refractivity contribution in [2.75, 3.05) is 13.2 Å². The number of carbonyl (C=O) groups excluding carboxylic acids is 1. The smallest absolute Gasteiger partial charge is 0.310 e. The van der Waals surface area contributed by atoms with E-state index in [1.54, 1.807) is 0 Å². The normalized spacial score (nSPS) is 19.0. The van der Waals surface area contributed by atoms with Crippen molar-refractivity contribution in [3.63, 3.8) is 0 Å². The van der Waals surface area contributed by atoms with Gasteiger partial charge >= 0.3 is 5.97 Å². The molecule has 1 aliphatic heterocycles. The van der Waals surface area contributed by atoms with E-state index < -0.39 is 11.4 Å². The first-order valence-electron chi connectivity index (χ1n) is 8.46. The lowest BCUT2D eigenvalue weighted by Crippen LogP contribution is -2.43. The Bertz CT molecular complexity index is 638. The van der Waals surface area contributed by atoms with Gasteiger partial charge in [-0.15, -0.1) is 0 Å². The largest absolute Gasteiger partial charge is 0.486 e. The van der Waals surface area contributed by atoms with E-state index in [4.69, 9.17) is 9.47 Å². The van der Waals surface area contributed by atoms with Gasteiger partial charge < -0.3 is 19.9 Å². The average Bonchev–Trinajstić information content (AvgIpc) is 2.55. The van der Waals surface area contributed by atoms with Gasteiger partial charge in [0.25, 0.3) is 0 Å². The van der Waals surface area contributed by atoms with Crippen molar-refractivity contribution >= 4 is 11.9 Å². The van der Waals surface area contributed by atoms with Gasteiger partial charge in [-0.3, -0.25) is 9.59 Å². The first-order chi connectivity index (χ1) is 11.5. The summed E-state index contributed by atoms with van der Waals surface area (Å²) < 4.78 is 11.1. The Hall–Kier alpha value is -2.24. The van der Waals surface area contributed by atoms with Crippen LogP contribution in [0.25, 0.3) is 0 Å². The molecule has 0 saturated heterocycles. The third-order valence-corrected chi connectivity index (χ3v) is 4.98. The number of hydrogen-bond donors (Lipinski definition) is 2. The molecule has 1 heterocycles. The first-order valence-corrected chi connectivity index (χ1v) is 8.46. The highest BCUT2D eigenvalue weighted by molar-refractivity contribution is 5.85. The fraction of sp³-hybridized carbons (Fsp3) is 0.556. The number of ether oxygens (including phenoxy) is 2. The van der Waals surface area contributed by atoms with Crippen molar-refractivity contribution < 1.29 is 24.2 Å². The molecular weight excluding hydrogens is 310 g/mol. The summed E-state index contributed by atoms with van der Waals surface area (Å²) >= 11 is 0. The minimum absolute atomic E-state index is 0.0450. The van der Waals surface area contributed by atoms with Crippen molar-refractivity contribution in [2.24, 2.45) is 5.41 Å². The number of fused-ring (bicyclic) bond motifs is 1. The summed E-state index contributed by atoms with van der Waals surface area (Å²) in [4.78, 5) is 23.8. The van der Waals surface area contributed by atoms with E-state index in [-0.39, 0.29) is 18.4 Å². The third kappa shape index (κ3) is 3.18. The van der Waals surface area contributed by atoms with Gasteiger partial charge in [0.15, 0.2) is 11.5 Å². The van der Waals surface area contributed by atoms with Crippen molar-refractivity contribution in [1.29, 1.82) is 0 Å². The molecule has 1 atom stereocenters. The van der Waals surface area contributed by atoms with Gasteiger partial charge in [-0.05, 0) is 37.0 Å². The highest BCUT2D eigenvalue weighted by Gasteiger charge is 2.46. The molecule has 1 saturated carbocycles.